The van der Waals surface area contributed by atoms with Crippen LogP contribution in [0.1, 0.15) is 27.8 Å². The van der Waals surface area contributed by atoms with Gasteiger partial charge in [-0.2, -0.15) is 4.31 Å². The Morgan fingerprint density at radius 3 is 2.72 bits per heavy atom. The summed E-state index contributed by atoms with van der Waals surface area (Å²) in [4.78, 5) is 4.68. The average Bonchev–Trinajstić information content (AvgIpc) is 3.17. The van der Waals surface area contributed by atoms with E-state index in [1.807, 2.05) is 24.3 Å². The van der Waals surface area contributed by atoms with Gasteiger partial charge < -0.3 is 5.32 Å². The third-order valence-corrected chi connectivity index (χ3v) is 7.44. The second kappa shape index (κ2) is 7.83. The smallest absolute Gasteiger partial charge is 0.211 e. The Morgan fingerprint density at radius 1 is 1.06 bits per heavy atom. The van der Waals surface area contributed by atoms with Gasteiger partial charge in [-0.1, -0.05) is 24.3 Å². The molecule has 5 nitrogen and oxygen atoms in total. The quantitative estimate of drug-likeness (QED) is 0.618. The standard InChI is InChI=1S/C25H24FN3O2S/c1-16-6-9-20(14-22(16)25-12-17-7-8-19(26)13-24(17)28-25)27-23-5-3-4-18-15-29(32(2,30)31)11-10-21(18)23/h3-9,13-14,27H,10-12,15H2,1-2H3. The molecular formula is C25H24FN3O2S. The Balaban J connectivity index is 1.43. The van der Waals surface area contributed by atoms with Crippen molar-refractivity contribution in [2.75, 3.05) is 18.1 Å². The summed E-state index contributed by atoms with van der Waals surface area (Å²) in [7, 11) is -3.21. The second-order valence-electron chi connectivity index (χ2n) is 8.45. The molecule has 0 saturated heterocycles. The summed E-state index contributed by atoms with van der Waals surface area (Å²) < 4.78 is 39.0. The van der Waals surface area contributed by atoms with Gasteiger partial charge in [-0.15, -0.1) is 0 Å². The molecule has 0 radical (unpaired) electrons. The Hall–Kier alpha value is -3.03. The van der Waals surface area contributed by atoms with E-state index in [0.29, 0.717) is 31.6 Å². The molecule has 0 fully saturated rings. The van der Waals surface area contributed by atoms with Crippen molar-refractivity contribution >= 4 is 32.8 Å². The van der Waals surface area contributed by atoms with Crippen LogP contribution in [-0.2, 0) is 29.4 Å². The Labute approximate surface area is 187 Å². The van der Waals surface area contributed by atoms with E-state index < -0.39 is 10.0 Å². The number of benzene rings is 3. The van der Waals surface area contributed by atoms with Crippen LogP contribution in [0.3, 0.4) is 0 Å². The molecule has 164 valence electrons. The molecule has 5 rings (SSSR count). The summed E-state index contributed by atoms with van der Waals surface area (Å²) in [5.41, 5.74) is 8.93. The highest BCUT2D eigenvalue weighted by Gasteiger charge is 2.25. The molecule has 0 unspecified atom stereocenters. The molecule has 0 spiro atoms. The lowest BCUT2D eigenvalue weighted by Gasteiger charge is -2.28. The number of rotatable bonds is 4. The first-order valence-electron chi connectivity index (χ1n) is 10.6. The van der Waals surface area contributed by atoms with Crippen molar-refractivity contribution in [2.45, 2.75) is 26.3 Å². The van der Waals surface area contributed by atoms with Crippen LogP contribution in [0.2, 0.25) is 0 Å². The van der Waals surface area contributed by atoms with E-state index in [9.17, 15) is 12.8 Å². The highest BCUT2D eigenvalue weighted by Crippen LogP contribution is 2.33. The molecule has 3 aromatic rings. The highest BCUT2D eigenvalue weighted by molar-refractivity contribution is 7.88. The van der Waals surface area contributed by atoms with E-state index in [0.717, 1.165) is 44.9 Å². The third-order valence-electron chi connectivity index (χ3n) is 6.19. The minimum atomic E-state index is -3.21. The summed E-state index contributed by atoms with van der Waals surface area (Å²) in [6, 6.07) is 16.9. The minimum absolute atomic E-state index is 0.274. The topological polar surface area (TPSA) is 61.8 Å². The Morgan fingerprint density at radius 2 is 1.91 bits per heavy atom. The lowest BCUT2D eigenvalue weighted by molar-refractivity contribution is 0.395. The number of fused-ring (bicyclic) bond motifs is 2. The minimum Gasteiger partial charge on any atom is -0.355 e. The zero-order valence-corrected chi connectivity index (χ0v) is 18.8. The van der Waals surface area contributed by atoms with Crippen molar-refractivity contribution in [3.05, 3.63) is 88.2 Å². The number of anilines is 2. The number of hydrogen-bond donors (Lipinski definition) is 1. The summed E-state index contributed by atoms with van der Waals surface area (Å²) in [6.45, 7) is 2.93. The molecule has 3 aromatic carbocycles. The molecule has 7 heteroatoms. The van der Waals surface area contributed by atoms with Gasteiger partial charge in [0.25, 0.3) is 0 Å². The molecule has 0 bridgehead atoms. The maximum absolute atomic E-state index is 13.6. The van der Waals surface area contributed by atoms with Crippen LogP contribution in [0.4, 0.5) is 21.5 Å². The third kappa shape index (κ3) is 3.94. The van der Waals surface area contributed by atoms with Gasteiger partial charge in [0.15, 0.2) is 0 Å². The number of nitrogens with zero attached hydrogens (tertiary/aromatic N) is 2. The fourth-order valence-corrected chi connectivity index (χ4v) is 5.26. The highest BCUT2D eigenvalue weighted by atomic mass is 32.2. The molecule has 0 aromatic heterocycles. The van der Waals surface area contributed by atoms with Crippen LogP contribution >= 0.6 is 0 Å². The fourth-order valence-electron chi connectivity index (χ4n) is 4.46. The van der Waals surface area contributed by atoms with E-state index >= 15 is 0 Å². The molecular weight excluding hydrogens is 425 g/mol. The summed E-state index contributed by atoms with van der Waals surface area (Å²) >= 11 is 0. The summed E-state index contributed by atoms with van der Waals surface area (Å²) in [5.74, 6) is -0.274. The van der Waals surface area contributed by atoms with E-state index in [2.05, 4.69) is 29.4 Å². The van der Waals surface area contributed by atoms with Gasteiger partial charge in [-0.25, -0.2) is 12.8 Å². The predicted molar refractivity (Wildman–Crippen MR) is 126 cm³/mol. The van der Waals surface area contributed by atoms with Gasteiger partial charge in [0.1, 0.15) is 5.82 Å². The first-order valence-corrected chi connectivity index (χ1v) is 12.4. The first-order chi connectivity index (χ1) is 15.3. The van der Waals surface area contributed by atoms with Gasteiger partial charge in [0, 0.05) is 36.4 Å². The van der Waals surface area contributed by atoms with Crippen LogP contribution < -0.4 is 5.32 Å². The molecule has 0 saturated carbocycles. The number of hydrogen-bond acceptors (Lipinski definition) is 4. The van der Waals surface area contributed by atoms with Crippen molar-refractivity contribution in [1.29, 1.82) is 0 Å². The molecule has 0 aliphatic carbocycles. The van der Waals surface area contributed by atoms with Crippen LogP contribution in [0.15, 0.2) is 59.6 Å². The molecule has 0 atom stereocenters. The van der Waals surface area contributed by atoms with Crippen molar-refractivity contribution in [3.8, 4) is 0 Å². The number of halogens is 1. The molecule has 0 amide bonds. The molecule has 1 N–H and O–H groups in total. The predicted octanol–water partition coefficient (Wildman–Crippen LogP) is 4.87. The normalized spacial score (nSPS) is 15.8. The van der Waals surface area contributed by atoms with Crippen LogP contribution in [0.25, 0.3) is 0 Å². The van der Waals surface area contributed by atoms with Gasteiger partial charge in [-0.3, -0.25) is 4.99 Å². The second-order valence-corrected chi connectivity index (χ2v) is 10.4. The van der Waals surface area contributed by atoms with Crippen LogP contribution in [0, 0.1) is 12.7 Å². The van der Waals surface area contributed by atoms with Crippen LogP contribution in [-0.4, -0.2) is 31.2 Å². The van der Waals surface area contributed by atoms with E-state index in [1.54, 1.807) is 6.07 Å². The van der Waals surface area contributed by atoms with Crippen LogP contribution in [0.5, 0.6) is 0 Å². The summed E-state index contributed by atoms with van der Waals surface area (Å²) in [6.07, 6.45) is 2.60. The van der Waals surface area contributed by atoms with Crippen molar-refractivity contribution in [2.24, 2.45) is 4.99 Å². The largest absolute Gasteiger partial charge is 0.355 e. The van der Waals surface area contributed by atoms with E-state index in [4.69, 9.17) is 0 Å². The van der Waals surface area contributed by atoms with Gasteiger partial charge in [0.2, 0.25) is 10.0 Å². The maximum Gasteiger partial charge on any atom is 0.211 e. The zero-order chi connectivity index (χ0) is 22.5. The van der Waals surface area contributed by atoms with E-state index in [-0.39, 0.29) is 5.82 Å². The van der Waals surface area contributed by atoms with Crippen molar-refractivity contribution < 1.29 is 12.8 Å². The number of aryl methyl sites for hydroxylation is 1. The van der Waals surface area contributed by atoms with Crippen molar-refractivity contribution in [1.82, 2.24) is 4.31 Å². The Kier molecular flexibility index (Phi) is 5.10. The number of aliphatic imine (C=N–C) groups is 1. The lowest BCUT2D eigenvalue weighted by atomic mass is 9.97. The maximum atomic E-state index is 13.6. The molecule has 2 heterocycles. The fraction of sp³-hybridized carbons (Fsp3) is 0.240. The van der Waals surface area contributed by atoms with Gasteiger partial charge in [-0.05, 0) is 65.9 Å². The number of nitrogens with one attached hydrogen (secondary N) is 1. The molecule has 32 heavy (non-hydrogen) atoms. The lowest BCUT2D eigenvalue weighted by Crippen LogP contribution is -2.35. The SMILES string of the molecule is Cc1ccc(Nc2cccc3c2CCN(S(C)(=O)=O)C3)cc1C1=Nc2cc(F)ccc2C1. The van der Waals surface area contributed by atoms with Gasteiger partial charge >= 0.3 is 0 Å². The molecule has 2 aliphatic rings. The monoisotopic (exact) mass is 449 g/mol. The Bertz CT molecular complexity index is 1370. The first kappa shape index (κ1) is 20.8. The molecule has 2 aliphatic heterocycles. The van der Waals surface area contributed by atoms with E-state index in [1.165, 1.54) is 22.7 Å². The average molecular weight is 450 g/mol. The summed E-state index contributed by atoms with van der Waals surface area (Å²) in [5, 5.41) is 3.52. The zero-order valence-electron chi connectivity index (χ0n) is 18.0. The number of sulfonamides is 1. The van der Waals surface area contributed by atoms with Gasteiger partial charge in [0.05, 0.1) is 17.7 Å². The van der Waals surface area contributed by atoms with Crippen molar-refractivity contribution in [3.63, 3.8) is 0 Å².